The number of para-hydroxylation sites is 1. The lowest BCUT2D eigenvalue weighted by molar-refractivity contribution is -0.402. The summed E-state index contributed by atoms with van der Waals surface area (Å²) in [5, 5.41) is 18.2. The molecular formula is C23H18N4O4. The molecule has 0 atom stereocenters. The van der Waals surface area contributed by atoms with E-state index in [0.717, 1.165) is 22.5 Å². The third-order valence-corrected chi connectivity index (χ3v) is 4.50. The summed E-state index contributed by atoms with van der Waals surface area (Å²) in [5.74, 6) is -0.505. The topological polar surface area (TPSA) is 103 Å². The van der Waals surface area contributed by atoms with Crippen LogP contribution >= 0.6 is 0 Å². The number of amides is 1. The molecule has 0 saturated heterocycles. The second kappa shape index (κ2) is 8.91. The molecule has 4 aromatic rings. The van der Waals surface area contributed by atoms with Crippen molar-refractivity contribution >= 4 is 17.9 Å². The highest BCUT2D eigenvalue weighted by Crippen LogP contribution is 2.23. The monoisotopic (exact) mass is 414 g/mol. The number of nitro groups is 1. The average Bonchev–Trinajstić information content (AvgIpc) is 3.45. The van der Waals surface area contributed by atoms with Crippen molar-refractivity contribution in [3.05, 3.63) is 107 Å². The van der Waals surface area contributed by atoms with Crippen LogP contribution in [0.4, 0.5) is 5.88 Å². The van der Waals surface area contributed by atoms with Crippen LogP contribution in [0.25, 0.3) is 23.0 Å². The van der Waals surface area contributed by atoms with Crippen LogP contribution in [0.3, 0.4) is 0 Å². The molecule has 154 valence electrons. The second-order valence-electron chi connectivity index (χ2n) is 6.63. The molecule has 8 nitrogen and oxygen atoms in total. The summed E-state index contributed by atoms with van der Waals surface area (Å²) in [6.45, 7) is 0.262. The van der Waals surface area contributed by atoms with Crippen molar-refractivity contribution in [1.82, 2.24) is 15.1 Å². The Kier molecular flexibility index (Phi) is 5.70. The number of furan rings is 1. The second-order valence-corrected chi connectivity index (χ2v) is 6.63. The molecule has 8 heteroatoms. The third-order valence-electron chi connectivity index (χ3n) is 4.50. The minimum atomic E-state index is -0.632. The Balaban J connectivity index is 1.51. The van der Waals surface area contributed by atoms with Gasteiger partial charge in [0, 0.05) is 29.9 Å². The molecule has 31 heavy (non-hydrogen) atoms. The molecule has 0 fully saturated rings. The zero-order chi connectivity index (χ0) is 21.6. The van der Waals surface area contributed by atoms with Gasteiger partial charge in [-0.05, 0) is 24.3 Å². The smallest absolute Gasteiger partial charge is 0.401 e. The van der Waals surface area contributed by atoms with Crippen molar-refractivity contribution in [3.63, 3.8) is 0 Å². The van der Waals surface area contributed by atoms with Gasteiger partial charge in [0.1, 0.15) is 10.7 Å². The van der Waals surface area contributed by atoms with Crippen LogP contribution in [0.1, 0.15) is 11.3 Å². The molecule has 0 unspecified atom stereocenters. The van der Waals surface area contributed by atoms with Gasteiger partial charge in [0.2, 0.25) is 5.91 Å². The summed E-state index contributed by atoms with van der Waals surface area (Å²) in [6.07, 6.45) is 4.54. The van der Waals surface area contributed by atoms with Gasteiger partial charge in [0.05, 0.1) is 17.4 Å². The highest BCUT2D eigenvalue weighted by molar-refractivity contribution is 5.91. The molecule has 1 amide bonds. The van der Waals surface area contributed by atoms with Crippen LogP contribution in [0.5, 0.6) is 0 Å². The number of hydrogen-bond donors (Lipinski definition) is 1. The first kappa shape index (κ1) is 19.8. The Morgan fingerprint density at radius 1 is 1.06 bits per heavy atom. The maximum Gasteiger partial charge on any atom is 0.433 e. The fraction of sp³-hybridized carbons (Fsp3) is 0.0435. The zero-order valence-electron chi connectivity index (χ0n) is 16.3. The Hall–Kier alpha value is -4.46. The molecule has 0 spiro atoms. The zero-order valence-corrected chi connectivity index (χ0v) is 16.3. The molecule has 2 aromatic heterocycles. The van der Waals surface area contributed by atoms with Gasteiger partial charge >= 0.3 is 5.88 Å². The van der Waals surface area contributed by atoms with Crippen molar-refractivity contribution in [1.29, 1.82) is 0 Å². The van der Waals surface area contributed by atoms with Crippen molar-refractivity contribution in [2.75, 3.05) is 0 Å². The van der Waals surface area contributed by atoms with E-state index in [2.05, 4.69) is 5.32 Å². The van der Waals surface area contributed by atoms with Crippen molar-refractivity contribution < 1.29 is 14.1 Å². The van der Waals surface area contributed by atoms with Crippen molar-refractivity contribution in [2.24, 2.45) is 0 Å². The van der Waals surface area contributed by atoms with E-state index in [4.69, 9.17) is 9.52 Å². The highest BCUT2D eigenvalue weighted by Gasteiger charge is 2.13. The quantitative estimate of drug-likeness (QED) is 0.275. The SMILES string of the molecule is O=C(/C=C/c1ccc([N+](=O)[O-])o1)NCc1cn(-c2ccccc2)nc1-c1ccccc1. The largest absolute Gasteiger partial charge is 0.433 e. The first-order chi connectivity index (χ1) is 15.1. The number of nitrogens with zero attached hydrogens (tertiary/aromatic N) is 3. The molecule has 4 rings (SSSR count). The van der Waals surface area contributed by atoms with E-state index < -0.39 is 4.92 Å². The fourth-order valence-corrected chi connectivity index (χ4v) is 3.02. The Labute approximate surface area is 177 Å². The molecule has 0 radical (unpaired) electrons. The van der Waals surface area contributed by atoms with Gasteiger partial charge in [0.15, 0.2) is 0 Å². The molecule has 2 aromatic carbocycles. The minimum absolute atomic E-state index is 0.226. The first-order valence-electron chi connectivity index (χ1n) is 9.50. The summed E-state index contributed by atoms with van der Waals surface area (Å²) in [6, 6.07) is 22.1. The van der Waals surface area contributed by atoms with Gasteiger partial charge in [-0.2, -0.15) is 5.10 Å². The number of rotatable bonds is 7. The fourth-order valence-electron chi connectivity index (χ4n) is 3.02. The van der Waals surface area contributed by atoms with Crippen molar-refractivity contribution in [3.8, 4) is 16.9 Å². The lowest BCUT2D eigenvalue weighted by Crippen LogP contribution is -2.20. The molecule has 1 N–H and O–H groups in total. The van der Waals surface area contributed by atoms with E-state index in [-0.39, 0.29) is 24.1 Å². The number of benzene rings is 2. The van der Waals surface area contributed by atoms with Gasteiger partial charge in [-0.3, -0.25) is 14.9 Å². The van der Waals surface area contributed by atoms with Crippen LogP contribution in [0.2, 0.25) is 0 Å². The minimum Gasteiger partial charge on any atom is -0.401 e. The number of nitrogens with one attached hydrogen (secondary N) is 1. The van der Waals surface area contributed by atoms with Crippen LogP contribution < -0.4 is 5.32 Å². The van der Waals surface area contributed by atoms with E-state index >= 15 is 0 Å². The molecule has 0 aliphatic heterocycles. The molecule has 0 bridgehead atoms. The van der Waals surface area contributed by atoms with E-state index in [1.165, 1.54) is 24.3 Å². The molecule has 0 aliphatic carbocycles. The maximum absolute atomic E-state index is 12.3. The first-order valence-corrected chi connectivity index (χ1v) is 9.50. The van der Waals surface area contributed by atoms with E-state index in [1.54, 1.807) is 4.68 Å². The van der Waals surface area contributed by atoms with Gasteiger partial charge in [0.25, 0.3) is 0 Å². The van der Waals surface area contributed by atoms with E-state index in [1.807, 2.05) is 66.9 Å². The number of carbonyl (C=O) groups is 1. The Bertz CT molecular complexity index is 1230. The number of hydrogen-bond acceptors (Lipinski definition) is 5. The van der Waals surface area contributed by atoms with E-state index in [9.17, 15) is 14.9 Å². The molecule has 0 saturated carbocycles. The summed E-state index contributed by atoms with van der Waals surface area (Å²) in [5.41, 5.74) is 3.48. The van der Waals surface area contributed by atoms with Crippen LogP contribution in [0.15, 0.2) is 89.5 Å². The maximum atomic E-state index is 12.3. The number of aromatic nitrogens is 2. The highest BCUT2D eigenvalue weighted by atomic mass is 16.6. The Morgan fingerprint density at radius 3 is 2.45 bits per heavy atom. The molecule has 0 aliphatic rings. The van der Waals surface area contributed by atoms with Crippen LogP contribution in [-0.2, 0) is 11.3 Å². The van der Waals surface area contributed by atoms with Crippen molar-refractivity contribution in [2.45, 2.75) is 6.54 Å². The predicted octanol–water partition coefficient (Wildman–Crippen LogP) is 4.37. The lowest BCUT2D eigenvalue weighted by atomic mass is 10.1. The summed E-state index contributed by atoms with van der Waals surface area (Å²) >= 11 is 0. The normalized spacial score (nSPS) is 11.0. The predicted molar refractivity (Wildman–Crippen MR) is 115 cm³/mol. The summed E-state index contributed by atoms with van der Waals surface area (Å²) in [4.78, 5) is 22.3. The van der Waals surface area contributed by atoms with E-state index in [0.29, 0.717) is 0 Å². The molecule has 2 heterocycles. The van der Waals surface area contributed by atoms with Gasteiger partial charge in [-0.1, -0.05) is 48.5 Å². The standard InChI is InChI=1S/C23H18N4O4/c28-21(13-11-20-12-14-22(31-20)27(29)30)24-15-18-16-26(19-9-5-2-6-10-19)25-23(18)17-7-3-1-4-8-17/h1-14,16H,15H2,(H,24,28)/b13-11+. The lowest BCUT2D eigenvalue weighted by Gasteiger charge is -2.03. The number of carbonyl (C=O) groups excluding carboxylic acids is 1. The van der Waals surface area contributed by atoms with Gasteiger partial charge in [-0.15, -0.1) is 0 Å². The average molecular weight is 414 g/mol. The molecular weight excluding hydrogens is 396 g/mol. The van der Waals surface area contributed by atoms with Gasteiger partial charge < -0.3 is 9.73 Å². The summed E-state index contributed by atoms with van der Waals surface area (Å²) in [7, 11) is 0. The summed E-state index contributed by atoms with van der Waals surface area (Å²) < 4.78 is 6.79. The van der Waals surface area contributed by atoms with Crippen LogP contribution in [0, 0.1) is 10.1 Å². The third kappa shape index (κ3) is 4.76. The van der Waals surface area contributed by atoms with Crippen LogP contribution in [-0.4, -0.2) is 20.6 Å². The van der Waals surface area contributed by atoms with Gasteiger partial charge in [-0.25, -0.2) is 4.68 Å². The Morgan fingerprint density at radius 2 is 1.77 bits per heavy atom.